The van der Waals surface area contributed by atoms with Gasteiger partial charge in [-0.2, -0.15) is 5.26 Å². The number of benzene rings is 1. The van der Waals surface area contributed by atoms with Gasteiger partial charge in [0, 0.05) is 18.0 Å². The molecular weight excluding hydrogens is 328 g/mol. The average molecular weight is 346 g/mol. The number of nitrogens with zero attached hydrogens (tertiary/aromatic N) is 3. The maximum atomic E-state index is 11.8. The lowest BCUT2D eigenvalue weighted by Crippen LogP contribution is -2.29. The molecule has 1 aliphatic carbocycles. The highest BCUT2D eigenvalue weighted by Gasteiger charge is 2.51. The van der Waals surface area contributed by atoms with Gasteiger partial charge in [0.05, 0.1) is 41.2 Å². The van der Waals surface area contributed by atoms with Crippen molar-refractivity contribution < 1.29 is 9.53 Å². The number of rotatable bonds is 4. The molecule has 2 aromatic heterocycles. The summed E-state index contributed by atoms with van der Waals surface area (Å²) < 4.78 is 7.41. The summed E-state index contributed by atoms with van der Waals surface area (Å²) in [5.41, 5.74) is 8.51. The first kappa shape index (κ1) is 16.2. The molecule has 1 aromatic carbocycles. The third-order valence-corrected chi connectivity index (χ3v) is 5.27. The Morgan fingerprint density at radius 3 is 2.73 bits per heavy atom. The maximum absolute atomic E-state index is 11.8. The fourth-order valence-electron chi connectivity index (χ4n) is 3.62. The number of amides is 1. The smallest absolute Gasteiger partial charge is 0.229 e. The van der Waals surface area contributed by atoms with E-state index in [1.807, 2.05) is 41.9 Å². The van der Waals surface area contributed by atoms with E-state index in [0.29, 0.717) is 29.8 Å². The van der Waals surface area contributed by atoms with E-state index in [0.717, 1.165) is 22.2 Å². The number of ether oxygens (including phenoxy) is 1. The molecule has 0 spiro atoms. The molecule has 4 rings (SSSR count). The van der Waals surface area contributed by atoms with Gasteiger partial charge in [0.2, 0.25) is 5.91 Å². The summed E-state index contributed by atoms with van der Waals surface area (Å²) in [6.07, 6.45) is 3.12. The van der Waals surface area contributed by atoms with E-state index >= 15 is 0 Å². The van der Waals surface area contributed by atoms with Crippen LogP contribution in [0.5, 0.6) is 5.75 Å². The summed E-state index contributed by atoms with van der Waals surface area (Å²) in [5.74, 6) is 0.336. The monoisotopic (exact) mass is 346 g/mol. The zero-order chi connectivity index (χ0) is 18.5. The van der Waals surface area contributed by atoms with Crippen molar-refractivity contribution in [2.45, 2.75) is 18.3 Å². The zero-order valence-electron chi connectivity index (χ0n) is 14.6. The summed E-state index contributed by atoms with van der Waals surface area (Å²) in [5, 5.41) is 10.6. The normalized spacial score (nSPS) is 14.8. The van der Waals surface area contributed by atoms with Crippen molar-refractivity contribution in [2.24, 2.45) is 12.8 Å². The highest BCUT2D eigenvalue weighted by atomic mass is 16.5. The highest BCUT2D eigenvalue weighted by Crippen LogP contribution is 2.48. The Morgan fingerprint density at radius 1 is 1.38 bits per heavy atom. The van der Waals surface area contributed by atoms with Gasteiger partial charge in [-0.05, 0) is 31.0 Å². The average Bonchev–Trinajstić information content (AvgIpc) is 3.42. The Kier molecular flexibility index (Phi) is 3.48. The lowest BCUT2D eigenvalue weighted by Gasteiger charge is -2.10. The van der Waals surface area contributed by atoms with Crippen LogP contribution in [0.4, 0.5) is 0 Å². The molecule has 3 aromatic rings. The van der Waals surface area contributed by atoms with Gasteiger partial charge in [-0.1, -0.05) is 12.1 Å². The second kappa shape index (κ2) is 5.60. The topological polar surface area (TPSA) is 93.9 Å². The molecule has 2 heterocycles. The number of aromatic nitrogens is 2. The van der Waals surface area contributed by atoms with Crippen LogP contribution in [-0.2, 0) is 17.3 Å². The van der Waals surface area contributed by atoms with Crippen molar-refractivity contribution in [3.05, 3.63) is 47.8 Å². The number of methoxy groups -OCH3 is 1. The van der Waals surface area contributed by atoms with Crippen LogP contribution in [0, 0.1) is 11.3 Å². The Labute approximate surface area is 150 Å². The van der Waals surface area contributed by atoms with Crippen LogP contribution in [0.15, 0.2) is 36.5 Å². The number of hydrogen-bond donors (Lipinski definition) is 1. The molecule has 1 aliphatic rings. The van der Waals surface area contributed by atoms with Crippen LogP contribution in [0.1, 0.15) is 24.1 Å². The van der Waals surface area contributed by atoms with Crippen LogP contribution in [0.2, 0.25) is 0 Å². The molecule has 2 N–H and O–H groups in total. The number of pyridine rings is 1. The van der Waals surface area contributed by atoms with Crippen LogP contribution in [-0.4, -0.2) is 22.6 Å². The third-order valence-electron chi connectivity index (χ3n) is 5.27. The van der Waals surface area contributed by atoms with Crippen molar-refractivity contribution in [3.8, 4) is 23.1 Å². The lowest BCUT2D eigenvalue weighted by molar-refractivity contribution is -0.120. The minimum Gasteiger partial charge on any atom is -0.496 e. The highest BCUT2D eigenvalue weighted by molar-refractivity contribution is 5.97. The minimum absolute atomic E-state index is 0.358. The van der Waals surface area contributed by atoms with Gasteiger partial charge < -0.3 is 15.0 Å². The molecule has 0 saturated heterocycles. The first-order valence-electron chi connectivity index (χ1n) is 8.36. The molecule has 1 amide bonds. The lowest BCUT2D eigenvalue weighted by atomic mass is 9.98. The molecule has 0 bridgehead atoms. The molecule has 6 heteroatoms. The molecule has 1 saturated carbocycles. The third kappa shape index (κ3) is 2.10. The summed E-state index contributed by atoms with van der Waals surface area (Å²) in [6, 6.07) is 11.7. The Hall–Kier alpha value is -3.33. The standard InChI is InChI=1S/C20H18N4O2/c1-24-15-11-23-17(20(7-8-20)19(22)25)9-13(15)14(10-21)18(24)12-5-3-4-6-16(12)26-2/h3-6,9,11H,7-8H2,1-2H3,(H2,22,25). The van der Waals surface area contributed by atoms with E-state index < -0.39 is 5.41 Å². The number of primary amides is 1. The van der Waals surface area contributed by atoms with Crippen molar-refractivity contribution in [1.29, 1.82) is 5.26 Å². The SMILES string of the molecule is COc1ccccc1-c1c(C#N)c2cc(C3(C(N)=O)CC3)ncc2n1C. The summed E-state index contributed by atoms with van der Waals surface area (Å²) >= 11 is 0. The van der Waals surface area contributed by atoms with E-state index in [1.54, 1.807) is 13.3 Å². The number of para-hydroxylation sites is 1. The summed E-state index contributed by atoms with van der Waals surface area (Å²) in [4.78, 5) is 16.3. The zero-order valence-corrected chi connectivity index (χ0v) is 14.6. The van der Waals surface area contributed by atoms with Gasteiger partial charge in [-0.25, -0.2) is 0 Å². The number of nitrogens with two attached hydrogens (primary N) is 1. The molecule has 26 heavy (non-hydrogen) atoms. The fourth-order valence-corrected chi connectivity index (χ4v) is 3.62. The van der Waals surface area contributed by atoms with Gasteiger partial charge in [0.15, 0.2) is 0 Å². The van der Waals surface area contributed by atoms with E-state index in [4.69, 9.17) is 10.5 Å². The van der Waals surface area contributed by atoms with Crippen LogP contribution >= 0.6 is 0 Å². The molecule has 6 nitrogen and oxygen atoms in total. The second-order valence-electron chi connectivity index (χ2n) is 6.63. The van der Waals surface area contributed by atoms with Crippen molar-refractivity contribution >= 4 is 16.8 Å². The minimum atomic E-state index is -0.679. The van der Waals surface area contributed by atoms with Gasteiger partial charge in [0.1, 0.15) is 11.8 Å². The van der Waals surface area contributed by atoms with Gasteiger partial charge >= 0.3 is 0 Å². The van der Waals surface area contributed by atoms with E-state index in [9.17, 15) is 10.1 Å². The summed E-state index contributed by atoms with van der Waals surface area (Å²) in [6.45, 7) is 0. The van der Waals surface area contributed by atoms with Crippen LogP contribution in [0.3, 0.4) is 0 Å². The number of carbonyl (C=O) groups excluding carboxylic acids is 1. The fraction of sp³-hybridized carbons (Fsp3) is 0.250. The van der Waals surface area contributed by atoms with Gasteiger partial charge in [0.25, 0.3) is 0 Å². The molecule has 1 fully saturated rings. The van der Waals surface area contributed by atoms with Crippen molar-refractivity contribution in [1.82, 2.24) is 9.55 Å². The van der Waals surface area contributed by atoms with E-state index in [-0.39, 0.29) is 5.91 Å². The van der Waals surface area contributed by atoms with Gasteiger partial charge in [-0.3, -0.25) is 9.78 Å². The molecule has 0 aliphatic heterocycles. The molecule has 0 unspecified atom stereocenters. The van der Waals surface area contributed by atoms with Crippen LogP contribution in [0.25, 0.3) is 22.2 Å². The maximum Gasteiger partial charge on any atom is 0.229 e. The quantitative estimate of drug-likeness (QED) is 0.786. The second-order valence-corrected chi connectivity index (χ2v) is 6.63. The number of aryl methyl sites for hydroxylation is 1. The summed E-state index contributed by atoms with van der Waals surface area (Å²) in [7, 11) is 3.50. The largest absolute Gasteiger partial charge is 0.496 e. The number of carbonyl (C=O) groups is 1. The number of hydrogen-bond acceptors (Lipinski definition) is 4. The van der Waals surface area contributed by atoms with Crippen molar-refractivity contribution in [3.63, 3.8) is 0 Å². The van der Waals surface area contributed by atoms with Crippen molar-refractivity contribution in [2.75, 3.05) is 7.11 Å². The first-order chi connectivity index (χ1) is 12.5. The van der Waals surface area contributed by atoms with Crippen LogP contribution < -0.4 is 10.5 Å². The number of fused-ring (bicyclic) bond motifs is 1. The van der Waals surface area contributed by atoms with E-state index in [1.165, 1.54) is 0 Å². The molecule has 130 valence electrons. The Bertz CT molecular complexity index is 1090. The predicted molar refractivity (Wildman–Crippen MR) is 97.5 cm³/mol. The predicted octanol–water partition coefficient (Wildman–Crippen LogP) is 2.64. The Balaban J connectivity index is 2.00. The Morgan fingerprint density at radius 2 is 2.12 bits per heavy atom. The molecular formula is C20H18N4O2. The van der Waals surface area contributed by atoms with E-state index in [2.05, 4.69) is 11.1 Å². The molecule has 0 atom stereocenters. The van der Waals surface area contributed by atoms with Gasteiger partial charge in [-0.15, -0.1) is 0 Å². The number of nitriles is 1. The molecule has 0 radical (unpaired) electrons. The first-order valence-corrected chi connectivity index (χ1v) is 8.36.